The van der Waals surface area contributed by atoms with Crippen molar-refractivity contribution in [1.82, 2.24) is 19.7 Å². The fourth-order valence-electron chi connectivity index (χ4n) is 1.49. The molecule has 0 radical (unpaired) electrons. The van der Waals surface area contributed by atoms with Gasteiger partial charge in [0.1, 0.15) is 5.69 Å². The van der Waals surface area contributed by atoms with E-state index in [1.54, 1.807) is 23.3 Å². The lowest BCUT2D eigenvalue weighted by atomic mass is 10.2. The van der Waals surface area contributed by atoms with Crippen molar-refractivity contribution in [3.8, 4) is 0 Å². The molecule has 0 spiro atoms. The smallest absolute Gasteiger partial charge is 0.216 e. The molecule has 2 rings (SSSR count). The third-order valence-corrected chi connectivity index (χ3v) is 2.36. The third-order valence-electron chi connectivity index (χ3n) is 2.36. The predicted molar refractivity (Wildman–Crippen MR) is 62.7 cm³/mol. The molecule has 2 aromatic heterocycles. The van der Waals surface area contributed by atoms with Crippen molar-refractivity contribution in [2.75, 3.05) is 0 Å². The Balaban J connectivity index is 2.21. The van der Waals surface area contributed by atoms with E-state index >= 15 is 0 Å². The highest BCUT2D eigenvalue weighted by molar-refractivity contribution is 6.07. The summed E-state index contributed by atoms with van der Waals surface area (Å²) in [4.78, 5) is 20.1. The van der Waals surface area contributed by atoms with E-state index < -0.39 is 0 Å². The lowest BCUT2D eigenvalue weighted by Crippen LogP contribution is -2.04. The molecule has 0 N–H and O–H groups in total. The summed E-state index contributed by atoms with van der Waals surface area (Å²) in [6, 6.07) is 0. The lowest BCUT2D eigenvalue weighted by Gasteiger charge is -1.97. The number of aryl methyl sites for hydroxylation is 2. The van der Waals surface area contributed by atoms with E-state index in [1.165, 1.54) is 6.20 Å². The van der Waals surface area contributed by atoms with Gasteiger partial charge in [0.25, 0.3) is 0 Å². The van der Waals surface area contributed by atoms with E-state index in [9.17, 15) is 4.79 Å². The van der Waals surface area contributed by atoms with Gasteiger partial charge in [-0.3, -0.25) is 14.5 Å². The van der Waals surface area contributed by atoms with Crippen LogP contribution in [0.4, 0.5) is 0 Å². The van der Waals surface area contributed by atoms with Crippen LogP contribution in [-0.4, -0.2) is 25.5 Å². The van der Waals surface area contributed by atoms with Gasteiger partial charge in [-0.05, 0) is 13.3 Å². The monoisotopic (exact) mass is 230 g/mol. The Morgan fingerprint density at radius 3 is 2.76 bits per heavy atom. The topological polar surface area (TPSA) is 60.7 Å². The second-order valence-corrected chi connectivity index (χ2v) is 3.86. The molecule has 0 aromatic carbocycles. The molecule has 0 bridgehead atoms. The summed E-state index contributed by atoms with van der Waals surface area (Å²) in [7, 11) is 0. The van der Waals surface area contributed by atoms with Crippen LogP contribution in [0, 0.1) is 6.92 Å². The maximum Gasteiger partial charge on any atom is 0.216 e. The number of carbonyl (C=O) groups is 1. The average Bonchev–Trinajstić information content (AvgIpc) is 2.78. The van der Waals surface area contributed by atoms with Crippen molar-refractivity contribution in [2.45, 2.75) is 26.8 Å². The van der Waals surface area contributed by atoms with Crippen LogP contribution in [0.3, 0.4) is 0 Å². The average molecular weight is 230 g/mol. The summed E-state index contributed by atoms with van der Waals surface area (Å²) < 4.78 is 1.76. The van der Waals surface area contributed by atoms with Crippen LogP contribution in [0.1, 0.15) is 35.1 Å². The van der Waals surface area contributed by atoms with Gasteiger partial charge in [0, 0.05) is 18.9 Å². The zero-order valence-electron chi connectivity index (χ0n) is 9.92. The molecule has 2 aromatic rings. The van der Waals surface area contributed by atoms with Gasteiger partial charge >= 0.3 is 0 Å². The van der Waals surface area contributed by atoms with E-state index in [0.29, 0.717) is 11.3 Å². The third kappa shape index (κ3) is 2.55. The first-order valence-corrected chi connectivity index (χ1v) is 5.56. The maximum atomic E-state index is 12.0. The summed E-state index contributed by atoms with van der Waals surface area (Å²) in [5.41, 5.74) is 1.70. The summed E-state index contributed by atoms with van der Waals surface area (Å²) in [5, 5.41) is 4.12. The number of nitrogens with zero attached hydrogens (tertiary/aromatic N) is 4. The standard InChI is InChI=1S/C12H14N4O/c1-3-4-16-8-10(6-15-16)12(17)11-7-13-9(2)5-14-11/h5-8H,3-4H2,1-2H3. The van der Waals surface area contributed by atoms with E-state index in [0.717, 1.165) is 18.7 Å². The van der Waals surface area contributed by atoms with Crippen molar-refractivity contribution in [1.29, 1.82) is 0 Å². The number of hydrogen-bond donors (Lipinski definition) is 0. The molecule has 0 amide bonds. The van der Waals surface area contributed by atoms with Gasteiger partial charge in [-0.2, -0.15) is 5.10 Å². The van der Waals surface area contributed by atoms with E-state index in [-0.39, 0.29) is 5.78 Å². The quantitative estimate of drug-likeness (QED) is 0.749. The molecule has 5 heteroatoms. The minimum Gasteiger partial charge on any atom is -0.287 e. The molecule has 88 valence electrons. The number of rotatable bonds is 4. The van der Waals surface area contributed by atoms with Crippen LogP contribution in [-0.2, 0) is 6.54 Å². The number of hydrogen-bond acceptors (Lipinski definition) is 4. The highest BCUT2D eigenvalue weighted by Gasteiger charge is 2.12. The van der Waals surface area contributed by atoms with Crippen LogP contribution in [0.15, 0.2) is 24.8 Å². The molecule has 0 aliphatic rings. The fourth-order valence-corrected chi connectivity index (χ4v) is 1.49. The number of ketones is 1. The second-order valence-electron chi connectivity index (χ2n) is 3.86. The Morgan fingerprint density at radius 1 is 1.29 bits per heavy atom. The predicted octanol–water partition coefficient (Wildman–Crippen LogP) is 1.62. The van der Waals surface area contributed by atoms with E-state index in [2.05, 4.69) is 22.0 Å². The van der Waals surface area contributed by atoms with Crippen molar-refractivity contribution < 1.29 is 4.79 Å². The Labute approximate surface area is 99.5 Å². The van der Waals surface area contributed by atoms with Gasteiger partial charge < -0.3 is 0 Å². The van der Waals surface area contributed by atoms with Gasteiger partial charge in [0.15, 0.2) is 0 Å². The van der Waals surface area contributed by atoms with Crippen molar-refractivity contribution in [3.63, 3.8) is 0 Å². The first-order chi connectivity index (χ1) is 8.20. The molecule has 0 atom stereocenters. The van der Waals surface area contributed by atoms with Crippen LogP contribution in [0.25, 0.3) is 0 Å². The molecule has 5 nitrogen and oxygen atoms in total. The van der Waals surface area contributed by atoms with Gasteiger partial charge in [0.2, 0.25) is 5.78 Å². The van der Waals surface area contributed by atoms with E-state index in [1.807, 2.05) is 6.92 Å². The molecular weight excluding hydrogens is 216 g/mol. The van der Waals surface area contributed by atoms with Crippen LogP contribution < -0.4 is 0 Å². The first kappa shape index (κ1) is 11.4. The summed E-state index contributed by atoms with van der Waals surface area (Å²) in [5.74, 6) is -0.139. The second kappa shape index (κ2) is 4.86. The molecule has 0 aliphatic heterocycles. The van der Waals surface area contributed by atoms with Crippen LogP contribution in [0.2, 0.25) is 0 Å². The van der Waals surface area contributed by atoms with Gasteiger partial charge in [-0.15, -0.1) is 0 Å². The first-order valence-electron chi connectivity index (χ1n) is 5.56. The molecule has 0 saturated carbocycles. The van der Waals surface area contributed by atoms with Gasteiger partial charge in [-0.25, -0.2) is 4.98 Å². The fraction of sp³-hybridized carbons (Fsp3) is 0.333. The minimum atomic E-state index is -0.139. The van der Waals surface area contributed by atoms with Gasteiger partial charge in [0.05, 0.1) is 23.7 Å². The normalized spacial score (nSPS) is 10.5. The summed E-state index contributed by atoms with van der Waals surface area (Å²) >= 11 is 0. The highest BCUT2D eigenvalue weighted by Crippen LogP contribution is 2.06. The summed E-state index contributed by atoms with van der Waals surface area (Å²) in [6.07, 6.45) is 7.38. The largest absolute Gasteiger partial charge is 0.287 e. The molecule has 0 fully saturated rings. The Bertz CT molecular complexity index is 516. The summed E-state index contributed by atoms with van der Waals surface area (Å²) in [6.45, 7) is 4.71. The molecule has 0 saturated heterocycles. The Hall–Kier alpha value is -2.04. The minimum absolute atomic E-state index is 0.139. The van der Waals surface area contributed by atoms with E-state index in [4.69, 9.17) is 0 Å². The molecular formula is C12H14N4O. The lowest BCUT2D eigenvalue weighted by molar-refractivity contribution is 0.103. The van der Waals surface area contributed by atoms with Crippen LogP contribution >= 0.6 is 0 Å². The number of carbonyl (C=O) groups excluding carboxylic acids is 1. The van der Waals surface area contributed by atoms with Crippen molar-refractivity contribution in [2.24, 2.45) is 0 Å². The molecule has 17 heavy (non-hydrogen) atoms. The number of aromatic nitrogens is 4. The van der Waals surface area contributed by atoms with Crippen LogP contribution in [0.5, 0.6) is 0 Å². The SMILES string of the molecule is CCCn1cc(C(=O)c2cnc(C)cn2)cn1. The molecule has 0 unspecified atom stereocenters. The zero-order valence-corrected chi connectivity index (χ0v) is 9.92. The Morgan fingerprint density at radius 2 is 2.12 bits per heavy atom. The zero-order chi connectivity index (χ0) is 12.3. The highest BCUT2D eigenvalue weighted by atomic mass is 16.1. The van der Waals surface area contributed by atoms with Gasteiger partial charge in [-0.1, -0.05) is 6.92 Å². The Kier molecular flexibility index (Phi) is 3.27. The molecule has 2 heterocycles. The maximum absolute atomic E-state index is 12.0. The van der Waals surface area contributed by atoms with Crippen molar-refractivity contribution >= 4 is 5.78 Å². The molecule has 0 aliphatic carbocycles. The van der Waals surface area contributed by atoms with Crippen molar-refractivity contribution in [3.05, 3.63) is 41.7 Å².